The van der Waals surface area contributed by atoms with Crippen molar-refractivity contribution in [1.29, 1.82) is 0 Å². The van der Waals surface area contributed by atoms with E-state index in [2.05, 4.69) is 5.32 Å². The maximum absolute atomic E-state index is 13.2. The molecule has 1 saturated heterocycles. The van der Waals surface area contributed by atoms with E-state index in [1.54, 1.807) is 11.8 Å². The van der Waals surface area contributed by atoms with Crippen LogP contribution in [0.25, 0.3) is 0 Å². The molecule has 1 fully saturated rings. The standard InChI is InChI=1S/C24H29N3O3/c1-17-11-13-19(14-12-17)24(5)21(29)26(22(30)25-24)16-20(28)27(23(2,3)4)15-18-9-7-6-8-10-18/h6-14H,15-16H2,1-5H3,(H,25,30)/t24-/m1/s1. The molecule has 0 radical (unpaired) electrons. The Kier molecular flexibility index (Phi) is 5.70. The number of carbonyl (C=O) groups excluding carboxylic acids is 3. The minimum Gasteiger partial charge on any atom is -0.332 e. The molecule has 6 nitrogen and oxygen atoms in total. The molecule has 4 amide bonds. The molecule has 158 valence electrons. The van der Waals surface area contributed by atoms with Crippen molar-refractivity contribution in [3.05, 3.63) is 71.3 Å². The number of hydrogen-bond acceptors (Lipinski definition) is 3. The molecule has 0 aromatic heterocycles. The van der Waals surface area contributed by atoms with Gasteiger partial charge in [-0.05, 0) is 45.7 Å². The molecule has 1 atom stereocenters. The second-order valence-corrected chi connectivity index (χ2v) is 8.95. The molecule has 0 bridgehead atoms. The Labute approximate surface area is 177 Å². The number of hydrogen-bond donors (Lipinski definition) is 1. The molecule has 0 unspecified atom stereocenters. The molecule has 1 aliphatic heterocycles. The van der Waals surface area contributed by atoms with Gasteiger partial charge in [0.25, 0.3) is 5.91 Å². The first kappa shape index (κ1) is 21.6. The third-order valence-corrected chi connectivity index (χ3v) is 5.49. The first-order chi connectivity index (χ1) is 14.0. The number of aryl methyl sites for hydroxylation is 1. The number of nitrogens with zero attached hydrogens (tertiary/aromatic N) is 2. The van der Waals surface area contributed by atoms with Gasteiger partial charge in [0.15, 0.2) is 0 Å². The van der Waals surface area contributed by atoms with Gasteiger partial charge in [-0.15, -0.1) is 0 Å². The third-order valence-electron chi connectivity index (χ3n) is 5.49. The van der Waals surface area contributed by atoms with Crippen LogP contribution < -0.4 is 5.32 Å². The highest BCUT2D eigenvalue weighted by Crippen LogP contribution is 2.29. The van der Waals surface area contributed by atoms with Gasteiger partial charge in [-0.1, -0.05) is 60.2 Å². The fourth-order valence-corrected chi connectivity index (χ4v) is 3.61. The monoisotopic (exact) mass is 407 g/mol. The zero-order valence-corrected chi connectivity index (χ0v) is 18.2. The summed E-state index contributed by atoms with van der Waals surface area (Å²) in [6.07, 6.45) is 0. The summed E-state index contributed by atoms with van der Waals surface area (Å²) < 4.78 is 0. The Hall–Kier alpha value is -3.15. The molecule has 0 saturated carbocycles. The lowest BCUT2D eigenvalue weighted by molar-refractivity contribution is -0.142. The second kappa shape index (κ2) is 7.94. The number of imide groups is 1. The Morgan fingerprint density at radius 2 is 1.63 bits per heavy atom. The summed E-state index contributed by atoms with van der Waals surface area (Å²) in [6.45, 7) is 9.56. The fraction of sp³-hybridized carbons (Fsp3) is 0.375. The molecule has 2 aromatic carbocycles. The fourth-order valence-electron chi connectivity index (χ4n) is 3.61. The van der Waals surface area contributed by atoms with Crippen molar-refractivity contribution in [2.45, 2.75) is 52.2 Å². The van der Waals surface area contributed by atoms with Gasteiger partial charge in [0, 0.05) is 12.1 Å². The highest BCUT2D eigenvalue weighted by Gasteiger charge is 2.50. The maximum Gasteiger partial charge on any atom is 0.325 e. The van der Waals surface area contributed by atoms with Gasteiger partial charge in [-0.2, -0.15) is 0 Å². The first-order valence-electron chi connectivity index (χ1n) is 10.1. The minimum atomic E-state index is -1.18. The SMILES string of the molecule is Cc1ccc([C@@]2(C)NC(=O)N(CC(=O)N(Cc3ccccc3)C(C)(C)C)C2=O)cc1. The van der Waals surface area contributed by atoms with Crippen LogP contribution in [-0.4, -0.2) is 39.7 Å². The van der Waals surface area contributed by atoms with Crippen LogP contribution in [0.4, 0.5) is 4.79 Å². The topological polar surface area (TPSA) is 69.7 Å². The van der Waals surface area contributed by atoms with E-state index in [4.69, 9.17) is 0 Å². The van der Waals surface area contributed by atoms with Crippen LogP contribution in [0.15, 0.2) is 54.6 Å². The Morgan fingerprint density at radius 3 is 2.20 bits per heavy atom. The van der Waals surface area contributed by atoms with E-state index < -0.39 is 23.0 Å². The average Bonchev–Trinajstić information content (AvgIpc) is 2.90. The van der Waals surface area contributed by atoms with Gasteiger partial charge in [-0.3, -0.25) is 14.5 Å². The normalized spacial score (nSPS) is 19.0. The number of amides is 4. The van der Waals surface area contributed by atoms with E-state index in [1.807, 2.05) is 82.3 Å². The van der Waals surface area contributed by atoms with Gasteiger partial charge in [0.1, 0.15) is 12.1 Å². The van der Waals surface area contributed by atoms with Crippen molar-refractivity contribution in [2.75, 3.05) is 6.54 Å². The van der Waals surface area contributed by atoms with Crippen molar-refractivity contribution in [3.63, 3.8) is 0 Å². The molecule has 30 heavy (non-hydrogen) atoms. The van der Waals surface area contributed by atoms with Gasteiger partial charge >= 0.3 is 6.03 Å². The zero-order valence-electron chi connectivity index (χ0n) is 18.2. The van der Waals surface area contributed by atoms with E-state index in [9.17, 15) is 14.4 Å². The van der Waals surface area contributed by atoms with Crippen molar-refractivity contribution in [1.82, 2.24) is 15.1 Å². The van der Waals surface area contributed by atoms with E-state index in [-0.39, 0.29) is 12.5 Å². The van der Waals surface area contributed by atoms with Crippen molar-refractivity contribution in [3.8, 4) is 0 Å². The quantitative estimate of drug-likeness (QED) is 0.770. The third kappa shape index (κ3) is 4.22. The number of carbonyl (C=O) groups is 3. The van der Waals surface area contributed by atoms with Gasteiger partial charge in [-0.25, -0.2) is 4.79 Å². The van der Waals surface area contributed by atoms with E-state index in [0.29, 0.717) is 12.1 Å². The number of benzene rings is 2. The van der Waals surface area contributed by atoms with Crippen LogP contribution in [-0.2, 0) is 21.7 Å². The first-order valence-corrected chi connectivity index (χ1v) is 10.1. The number of urea groups is 1. The lowest BCUT2D eigenvalue weighted by atomic mass is 9.91. The summed E-state index contributed by atoms with van der Waals surface area (Å²) in [7, 11) is 0. The molecule has 0 aliphatic carbocycles. The van der Waals surface area contributed by atoms with E-state index >= 15 is 0 Å². The maximum atomic E-state index is 13.2. The highest BCUT2D eigenvalue weighted by molar-refractivity contribution is 6.09. The molecular formula is C24H29N3O3. The lowest BCUT2D eigenvalue weighted by Gasteiger charge is -2.36. The zero-order chi connectivity index (χ0) is 22.1. The Morgan fingerprint density at radius 1 is 1.03 bits per heavy atom. The molecule has 6 heteroatoms. The summed E-state index contributed by atoms with van der Waals surface area (Å²) in [5.74, 6) is -0.693. The molecule has 0 spiro atoms. The van der Waals surface area contributed by atoms with E-state index in [1.165, 1.54) is 0 Å². The average molecular weight is 408 g/mol. The van der Waals surface area contributed by atoms with Crippen molar-refractivity contribution >= 4 is 17.8 Å². The summed E-state index contributed by atoms with van der Waals surface area (Å²) in [5.41, 5.74) is 1.09. The summed E-state index contributed by atoms with van der Waals surface area (Å²) in [6, 6.07) is 16.6. The van der Waals surface area contributed by atoms with Crippen LogP contribution in [0.1, 0.15) is 44.4 Å². The largest absolute Gasteiger partial charge is 0.332 e. The van der Waals surface area contributed by atoms with Crippen LogP contribution >= 0.6 is 0 Å². The van der Waals surface area contributed by atoms with Crippen molar-refractivity contribution in [2.24, 2.45) is 0 Å². The van der Waals surface area contributed by atoms with Crippen LogP contribution in [0.3, 0.4) is 0 Å². The van der Waals surface area contributed by atoms with Crippen LogP contribution in [0.5, 0.6) is 0 Å². The number of nitrogens with one attached hydrogen (secondary N) is 1. The summed E-state index contributed by atoms with van der Waals surface area (Å²) in [4.78, 5) is 41.7. The van der Waals surface area contributed by atoms with E-state index in [0.717, 1.165) is 16.0 Å². The summed E-state index contributed by atoms with van der Waals surface area (Å²) in [5, 5.41) is 2.77. The molecule has 1 N–H and O–H groups in total. The molecular weight excluding hydrogens is 378 g/mol. The second-order valence-electron chi connectivity index (χ2n) is 8.95. The molecule has 1 heterocycles. The molecule has 2 aromatic rings. The highest BCUT2D eigenvalue weighted by atomic mass is 16.2. The Bertz CT molecular complexity index is 948. The Balaban J connectivity index is 1.81. The summed E-state index contributed by atoms with van der Waals surface area (Å²) >= 11 is 0. The van der Waals surface area contributed by atoms with Gasteiger partial charge < -0.3 is 10.2 Å². The number of rotatable bonds is 5. The molecule has 1 aliphatic rings. The minimum absolute atomic E-state index is 0.275. The van der Waals surface area contributed by atoms with Gasteiger partial charge in [0.05, 0.1) is 0 Å². The molecule has 3 rings (SSSR count). The predicted molar refractivity (Wildman–Crippen MR) is 116 cm³/mol. The van der Waals surface area contributed by atoms with Crippen LogP contribution in [0.2, 0.25) is 0 Å². The van der Waals surface area contributed by atoms with Gasteiger partial charge in [0.2, 0.25) is 5.91 Å². The smallest absolute Gasteiger partial charge is 0.325 e. The lowest BCUT2D eigenvalue weighted by Crippen LogP contribution is -2.50. The predicted octanol–water partition coefficient (Wildman–Crippen LogP) is 3.59. The van der Waals surface area contributed by atoms with Crippen LogP contribution in [0, 0.1) is 6.92 Å². The van der Waals surface area contributed by atoms with Crippen molar-refractivity contribution < 1.29 is 14.4 Å².